The fourth-order valence-electron chi connectivity index (χ4n) is 3.40. The van der Waals surface area contributed by atoms with Gasteiger partial charge in [0, 0.05) is 19.5 Å². The van der Waals surface area contributed by atoms with E-state index in [1.807, 2.05) is 12.1 Å². The second-order valence-corrected chi connectivity index (χ2v) is 7.70. The lowest BCUT2D eigenvalue weighted by molar-refractivity contribution is -0.134. The van der Waals surface area contributed by atoms with Gasteiger partial charge < -0.3 is 15.3 Å². The number of hydrogen-bond donors (Lipinski definition) is 2. The lowest BCUT2D eigenvalue weighted by Crippen LogP contribution is -2.44. The van der Waals surface area contributed by atoms with Gasteiger partial charge in [-0.25, -0.2) is 4.79 Å². The van der Waals surface area contributed by atoms with E-state index >= 15 is 0 Å². The zero-order valence-electron chi connectivity index (χ0n) is 16.2. The molecule has 0 spiro atoms. The van der Waals surface area contributed by atoms with Gasteiger partial charge in [0.15, 0.2) is 0 Å². The molecule has 0 unspecified atom stereocenters. The van der Waals surface area contributed by atoms with Gasteiger partial charge in [-0.15, -0.1) is 0 Å². The maximum atomic E-state index is 12.3. The number of piperidine rings is 1. The Labute approximate surface area is 160 Å². The van der Waals surface area contributed by atoms with Crippen molar-refractivity contribution < 1.29 is 19.5 Å². The highest BCUT2D eigenvalue weighted by molar-refractivity contribution is 5.89. The summed E-state index contributed by atoms with van der Waals surface area (Å²) in [7, 11) is 0. The standard InChI is InChI=1S/C21H30N2O4/c1-15(2)7-8-19(24)22-14-20(25)23-11-9-16(10-12-23)13-17-5-3-4-6-18(17)21(26)27/h3-6,15-16H,7-14H2,1-2H3,(H,22,24)(H,26,27). The number of aromatic carboxylic acids is 1. The van der Waals surface area contributed by atoms with Crippen LogP contribution < -0.4 is 5.32 Å². The summed E-state index contributed by atoms with van der Waals surface area (Å²) < 4.78 is 0. The molecule has 1 aromatic rings. The fraction of sp³-hybridized carbons (Fsp3) is 0.571. The van der Waals surface area contributed by atoms with Gasteiger partial charge in [0.05, 0.1) is 12.1 Å². The molecule has 0 bridgehead atoms. The lowest BCUT2D eigenvalue weighted by atomic mass is 9.88. The topological polar surface area (TPSA) is 86.7 Å². The predicted molar refractivity (Wildman–Crippen MR) is 103 cm³/mol. The third-order valence-corrected chi connectivity index (χ3v) is 5.11. The predicted octanol–water partition coefficient (Wildman–Crippen LogP) is 2.72. The number of rotatable bonds is 8. The fourth-order valence-corrected chi connectivity index (χ4v) is 3.40. The first-order chi connectivity index (χ1) is 12.9. The number of carboxylic acids is 1. The molecule has 148 valence electrons. The highest BCUT2D eigenvalue weighted by Gasteiger charge is 2.24. The molecule has 0 atom stereocenters. The van der Waals surface area contributed by atoms with Gasteiger partial charge in [-0.2, -0.15) is 0 Å². The van der Waals surface area contributed by atoms with Crippen LogP contribution in [0, 0.1) is 11.8 Å². The van der Waals surface area contributed by atoms with Crippen molar-refractivity contribution in [1.82, 2.24) is 10.2 Å². The third-order valence-electron chi connectivity index (χ3n) is 5.11. The van der Waals surface area contributed by atoms with Crippen molar-refractivity contribution in [2.75, 3.05) is 19.6 Å². The Morgan fingerprint density at radius 3 is 2.48 bits per heavy atom. The van der Waals surface area contributed by atoms with Crippen molar-refractivity contribution in [2.24, 2.45) is 11.8 Å². The summed E-state index contributed by atoms with van der Waals surface area (Å²) in [6, 6.07) is 7.11. The van der Waals surface area contributed by atoms with Crippen molar-refractivity contribution in [3.8, 4) is 0 Å². The van der Waals surface area contributed by atoms with Gasteiger partial charge in [-0.3, -0.25) is 9.59 Å². The maximum absolute atomic E-state index is 12.3. The number of benzene rings is 1. The van der Waals surface area contributed by atoms with E-state index in [9.17, 15) is 19.5 Å². The molecule has 2 N–H and O–H groups in total. The normalized spacial score (nSPS) is 15.0. The first-order valence-corrected chi connectivity index (χ1v) is 9.72. The van der Waals surface area contributed by atoms with E-state index in [2.05, 4.69) is 19.2 Å². The van der Waals surface area contributed by atoms with Crippen LogP contribution in [0.2, 0.25) is 0 Å². The summed E-state index contributed by atoms with van der Waals surface area (Å²) in [5.74, 6) is -0.173. The average Bonchev–Trinajstić information content (AvgIpc) is 2.65. The number of likely N-dealkylation sites (tertiary alicyclic amines) is 1. The second-order valence-electron chi connectivity index (χ2n) is 7.70. The van der Waals surface area contributed by atoms with Gasteiger partial charge in [0.25, 0.3) is 0 Å². The molecule has 1 aliphatic rings. The molecule has 1 fully saturated rings. The average molecular weight is 374 g/mol. The zero-order chi connectivity index (χ0) is 19.8. The van der Waals surface area contributed by atoms with E-state index in [0.717, 1.165) is 31.2 Å². The Morgan fingerprint density at radius 2 is 1.85 bits per heavy atom. The monoisotopic (exact) mass is 374 g/mol. The van der Waals surface area contributed by atoms with Crippen molar-refractivity contribution in [3.05, 3.63) is 35.4 Å². The Morgan fingerprint density at radius 1 is 1.19 bits per heavy atom. The minimum absolute atomic E-state index is 0.0442. The van der Waals surface area contributed by atoms with Gasteiger partial charge in [-0.1, -0.05) is 32.0 Å². The molecular weight excluding hydrogens is 344 g/mol. The summed E-state index contributed by atoms with van der Waals surface area (Å²) >= 11 is 0. The van der Waals surface area contributed by atoms with Crippen molar-refractivity contribution in [1.29, 1.82) is 0 Å². The molecule has 6 heteroatoms. The summed E-state index contributed by atoms with van der Waals surface area (Å²) in [5.41, 5.74) is 1.22. The Balaban J connectivity index is 1.76. The quantitative estimate of drug-likeness (QED) is 0.732. The summed E-state index contributed by atoms with van der Waals surface area (Å²) in [4.78, 5) is 37.2. The van der Waals surface area contributed by atoms with E-state index in [1.54, 1.807) is 17.0 Å². The third kappa shape index (κ3) is 6.70. The second kappa shape index (κ2) is 10.1. The number of carbonyl (C=O) groups is 3. The minimum Gasteiger partial charge on any atom is -0.478 e. The molecule has 0 radical (unpaired) electrons. The summed E-state index contributed by atoms with van der Waals surface area (Å²) in [6.07, 6.45) is 3.69. The molecular formula is C21H30N2O4. The Bertz CT molecular complexity index is 664. The number of carboxylic acid groups (broad SMARTS) is 1. The number of amides is 2. The molecule has 1 aliphatic heterocycles. The lowest BCUT2D eigenvalue weighted by Gasteiger charge is -2.32. The van der Waals surface area contributed by atoms with E-state index in [0.29, 0.717) is 36.9 Å². The van der Waals surface area contributed by atoms with Crippen LogP contribution in [0.4, 0.5) is 0 Å². The van der Waals surface area contributed by atoms with Crippen molar-refractivity contribution >= 4 is 17.8 Å². The van der Waals surface area contributed by atoms with Gasteiger partial charge in [0.2, 0.25) is 11.8 Å². The molecule has 0 saturated carbocycles. The molecule has 1 saturated heterocycles. The molecule has 2 rings (SSSR count). The first kappa shape index (κ1) is 20.9. The maximum Gasteiger partial charge on any atom is 0.335 e. The van der Waals surface area contributed by atoms with Crippen LogP contribution in [0.15, 0.2) is 24.3 Å². The molecule has 2 amide bonds. The van der Waals surface area contributed by atoms with Crippen molar-refractivity contribution in [2.45, 2.75) is 46.0 Å². The first-order valence-electron chi connectivity index (χ1n) is 9.72. The summed E-state index contributed by atoms with van der Waals surface area (Å²) in [6.45, 7) is 5.50. The van der Waals surface area contributed by atoms with E-state index in [1.165, 1.54) is 0 Å². The molecule has 1 aromatic carbocycles. The highest BCUT2D eigenvalue weighted by Crippen LogP contribution is 2.23. The highest BCUT2D eigenvalue weighted by atomic mass is 16.4. The van der Waals surface area contributed by atoms with E-state index < -0.39 is 5.97 Å². The Hall–Kier alpha value is -2.37. The largest absolute Gasteiger partial charge is 0.478 e. The SMILES string of the molecule is CC(C)CCC(=O)NCC(=O)N1CCC(Cc2ccccc2C(=O)O)CC1. The van der Waals surface area contributed by atoms with E-state index in [4.69, 9.17) is 0 Å². The van der Waals surface area contributed by atoms with E-state index in [-0.39, 0.29) is 18.4 Å². The Kier molecular flexibility index (Phi) is 7.82. The zero-order valence-corrected chi connectivity index (χ0v) is 16.2. The van der Waals surface area contributed by atoms with Crippen LogP contribution in [0.3, 0.4) is 0 Å². The van der Waals surface area contributed by atoms with Gasteiger partial charge in [0.1, 0.15) is 0 Å². The molecule has 0 aliphatic carbocycles. The summed E-state index contributed by atoms with van der Waals surface area (Å²) in [5, 5.41) is 12.0. The smallest absolute Gasteiger partial charge is 0.335 e. The number of carbonyl (C=O) groups excluding carboxylic acids is 2. The number of nitrogens with zero attached hydrogens (tertiary/aromatic N) is 1. The minimum atomic E-state index is -0.897. The molecule has 27 heavy (non-hydrogen) atoms. The van der Waals surface area contributed by atoms with Crippen LogP contribution in [-0.4, -0.2) is 47.4 Å². The van der Waals surface area contributed by atoms with Crippen molar-refractivity contribution in [3.63, 3.8) is 0 Å². The van der Waals surface area contributed by atoms with Crippen LogP contribution in [-0.2, 0) is 16.0 Å². The number of hydrogen-bond acceptors (Lipinski definition) is 3. The molecule has 6 nitrogen and oxygen atoms in total. The van der Waals surface area contributed by atoms with Gasteiger partial charge >= 0.3 is 5.97 Å². The van der Waals surface area contributed by atoms with Crippen LogP contribution in [0.25, 0.3) is 0 Å². The molecule has 0 aromatic heterocycles. The van der Waals surface area contributed by atoms with Crippen LogP contribution >= 0.6 is 0 Å². The van der Waals surface area contributed by atoms with Gasteiger partial charge in [-0.05, 0) is 49.1 Å². The van der Waals surface area contributed by atoms with Crippen LogP contribution in [0.5, 0.6) is 0 Å². The molecule has 1 heterocycles. The number of nitrogens with one attached hydrogen (secondary N) is 1. The van der Waals surface area contributed by atoms with Crippen LogP contribution in [0.1, 0.15) is 55.5 Å².